The van der Waals surface area contributed by atoms with Gasteiger partial charge in [0.1, 0.15) is 11.9 Å². The van der Waals surface area contributed by atoms with Gasteiger partial charge in [0.05, 0.1) is 0 Å². The molecule has 0 amide bonds. The normalized spacial score (nSPS) is 19.3. The van der Waals surface area contributed by atoms with Crippen LogP contribution in [0.2, 0.25) is 0 Å². The molecule has 2 rings (SSSR count). The minimum absolute atomic E-state index is 0.250. The Balaban J connectivity index is 1.77. The Labute approximate surface area is 97.4 Å². The lowest BCUT2D eigenvalue weighted by molar-refractivity contribution is 0.135. The summed E-state index contributed by atoms with van der Waals surface area (Å²) in [7, 11) is 0. The van der Waals surface area contributed by atoms with Crippen LogP contribution < -0.4 is 10.1 Å². The average molecular weight is 220 g/mol. The van der Waals surface area contributed by atoms with Crippen LogP contribution in [0.25, 0.3) is 0 Å². The molecule has 0 aromatic heterocycles. The van der Waals surface area contributed by atoms with E-state index in [9.17, 15) is 0 Å². The lowest BCUT2D eigenvalue weighted by Crippen LogP contribution is -2.46. The van der Waals surface area contributed by atoms with Gasteiger partial charge in [-0.05, 0) is 19.1 Å². The van der Waals surface area contributed by atoms with Crippen LogP contribution >= 0.6 is 0 Å². The summed E-state index contributed by atoms with van der Waals surface area (Å²) in [4.78, 5) is 2.45. The van der Waals surface area contributed by atoms with Crippen molar-refractivity contribution in [3.8, 4) is 5.75 Å². The van der Waals surface area contributed by atoms with E-state index < -0.39 is 0 Å². The molecule has 1 fully saturated rings. The molecule has 1 aliphatic rings. The maximum absolute atomic E-state index is 5.85. The summed E-state index contributed by atoms with van der Waals surface area (Å²) in [5, 5.41) is 3.36. The molecule has 0 radical (unpaired) electrons. The Bertz CT molecular complexity index is 296. The molecule has 1 atom stereocenters. The molecule has 0 aliphatic carbocycles. The molecule has 0 spiro atoms. The summed E-state index contributed by atoms with van der Waals surface area (Å²) in [6.45, 7) is 7.59. The first-order valence-corrected chi connectivity index (χ1v) is 5.99. The van der Waals surface area contributed by atoms with Crippen LogP contribution in [0.1, 0.15) is 6.92 Å². The van der Waals surface area contributed by atoms with Crippen molar-refractivity contribution in [2.24, 2.45) is 0 Å². The zero-order valence-corrected chi connectivity index (χ0v) is 9.86. The predicted octanol–water partition coefficient (Wildman–Crippen LogP) is 1.36. The van der Waals surface area contributed by atoms with E-state index in [0.29, 0.717) is 0 Å². The summed E-state index contributed by atoms with van der Waals surface area (Å²) >= 11 is 0. The third-order valence-electron chi connectivity index (χ3n) is 2.81. The first kappa shape index (κ1) is 11.4. The number of para-hydroxylation sites is 1. The molecule has 16 heavy (non-hydrogen) atoms. The molecule has 0 saturated carbocycles. The second-order valence-electron chi connectivity index (χ2n) is 4.29. The van der Waals surface area contributed by atoms with Crippen molar-refractivity contribution in [1.29, 1.82) is 0 Å². The van der Waals surface area contributed by atoms with Gasteiger partial charge in [0.15, 0.2) is 0 Å². The predicted molar refractivity (Wildman–Crippen MR) is 65.8 cm³/mol. The standard InChI is InChI=1S/C13H20N2O/c1-12(11-15-9-7-14-8-10-15)16-13-5-3-2-4-6-13/h2-6,12,14H,7-11H2,1H3. The van der Waals surface area contributed by atoms with E-state index in [2.05, 4.69) is 17.1 Å². The van der Waals surface area contributed by atoms with Crippen molar-refractivity contribution >= 4 is 0 Å². The third-order valence-corrected chi connectivity index (χ3v) is 2.81. The van der Waals surface area contributed by atoms with Gasteiger partial charge in [-0.25, -0.2) is 0 Å². The number of hydrogen-bond acceptors (Lipinski definition) is 3. The quantitative estimate of drug-likeness (QED) is 0.829. The number of nitrogens with one attached hydrogen (secondary N) is 1. The number of piperazine rings is 1. The molecule has 88 valence electrons. The highest BCUT2D eigenvalue weighted by Gasteiger charge is 2.13. The van der Waals surface area contributed by atoms with Gasteiger partial charge in [0, 0.05) is 32.7 Å². The Morgan fingerprint density at radius 1 is 1.25 bits per heavy atom. The third kappa shape index (κ3) is 3.51. The fourth-order valence-electron chi connectivity index (χ4n) is 2.03. The van der Waals surface area contributed by atoms with Crippen molar-refractivity contribution in [3.63, 3.8) is 0 Å². The van der Waals surface area contributed by atoms with E-state index in [1.807, 2.05) is 30.3 Å². The van der Waals surface area contributed by atoms with Crippen LogP contribution in [0.4, 0.5) is 0 Å². The van der Waals surface area contributed by atoms with Crippen molar-refractivity contribution in [2.75, 3.05) is 32.7 Å². The van der Waals surface area contributed by atoms with E-state index >= 15 is 0 Å². The second-order valence-corrected chi connectivity index (χ2v) is 4.29. The maximum atomic E-state index is 5.85. The first-order valence-electron chi connectivity index (χ1n) is 5.99. The molecule has 0 bridgehead atoms. The van der Waals surface area contributed by atoms with Crippen LogP contribution in [-0.2, 0) is 0 Å². The lowest BCUT2D eigenvalue weighted by atomic mass is 10.3. The molecule has 1 unspecified atom stereocenters. The first-order chi connectivity index (χ1) is 7.84. The highest BCUT2D eigenvalue weighted by molar-refractivity contribution is 5.21. The van der Waals surface area contributed by atoms with Gasteiger partial charge in [0.25, 0.3) is 0 Å². The van der Waals surface area contributed by atoms with E-state index in [4.69, 9.17) is 4.74 Å². The van der Waals surface area contributed by atoms with Gasteiger partial charge >= 0.3 is 0 Å². The zero-order valence-electron chi connectivity index (χ0n) is 9.86. The van der Waals surface area contributed by atoms with Gasteiger partial charge in [-0.1, -0.05) is 18.2 Å². The van der Waals surface area contributed by atoms with E-state index in [1.165, 1.54) is 0 Å². The topological polar surface area (TPSA) is 24.5 Å². The largest absolute Gasteiger partial charge is 0.489 e. The zero-order chi connectivity index (χ0) is 11.2. The molecule has 3 nitrogen and oxygen atoms in total. The summed E-state index contributed by atoms with van der Waals surface area (Å²) in [5.41, 5.74) is 0. The number of ether oxygens (including phenoxy) is 1. The summed E-state index contributed by atoms with van der Waals surface area (Å²) in [6, 6.07) is 10.0. The number of benzene rings is 1. The van der Waals surface area contributed by atoms with E-state index in [0.717, 1.165) is 38.5 Å². The molecule has 1 aliphatic heterocycles. The van der Waals surface area contributed by atoms with Crippen LogP contribution in [0.15, 0.2) is 30.3 Å². The van der Waals surface area contributed by atoms with Gasteiger partial charge < -0.3 is 10.1 Å². The molecular formula is C13H20N2O. The van der Waals surface area contributed by atoms with Gasteiger partial charge in [-0.15, -0.1) is 0 Å². The number of nitrogens with zero attached hydrogens (tertiary/aromatic N) is 1. The fourth-order valence-corrected chi connectivity index (χ4v) is 2.03. The van der Waals surface area contributed by atoms with Crippen molar-refractivity contribution in [1.82, 2.24) is 10.2 Å². The molecule has 1 aromatic carbocycles. The Hall–Kier alpha value is -1.06. The Morgan fingerprint density at radius 3 is 2.62 bits per heavy atom. The highest BCUT2D eigenvalue weighted by Crippen LogP contribution is 2.11. The van der Waals surface area contributed by atoms with Gasteiger partial charge in [-0.3, -0.25) is 4.90 Å². The minimum Gasteiger partial charge on any atom is -0.489 e. The fraction of sp³-hybridized carbons (Fsp3) is 0.538. The van der Waals surface area contributed by atoms with Crippen molar-refractivity contribution < 1.29 is 4.74 Å². The minimum atomic E-state index is 0.250. The molecular weight excluding hydrogens is 200 g/mol. The summed E-state index contributed by atoms with van der Waals surface area (Å²) in [6.07, 6.45) is 0.250. The van der Waals surface area contributed by atoms with Gasteiger partial charge in [-0.2, -0.15) is 0 Å². The highest BCUT2D eigenvalue weighted by atomic mass is 16.5. The van der Waals surface area contributed by atoms with E-state index in [1.54, 1.807) is 0 Å². The molecule has 1 saturated heterocycles. The van der Waals surface area contributed by atoms with Crippen molar-refractivity contribution in [2.45, 2.75) is 13.0 Å². The lowest BCUT2D eigenvalue weighted by Gasteiger charge is -2.29. The summed E-state index contributed by atoms with van der Waals surface area (Å²) < 4.78 is 5.85. The van der Waals surface area contributed by atoms with Crippen LogP contribution in [-0.4, -0.2) is 43.7 Å². The number of rotatable bonds is 4. The monoisotopic (exact) mass is 220 g/mol. The smallest absolute Gasteiger partial charge is 0.119 e. The van der Waals surface area contributed by atoms with Crippen LogP contribution in [0, 0.1) is 0 Å². The summed E-state index contributed by atoms with van der Waals surface area (Å²) in [5.74, 6) is 0.963. The molecule has 1 N–H and O–H groups in total. The molecule has 1 heterocycles. The van der Waals surface area contributed by atoms with Crippen molar-refractivity contribution in [3.05, 3.63) is 30.3 Å². The molecule has 1 aromatic rings. The Morgan fingerprint density at radius 2 is 1.94 bits per heavy atom. The van der Waals surface area contributed by atoms with Crippen LogP contribution in [0.5, 0.6) is 5.75 Å². The maximum Gasteiger partial charge on any atom is 0.119 e. The SMILES string of the molecule is CC(CN1CCNCC1)Oc1ccccc1. The molecule has 3 heteroatoms. The number of hydrogen-bond donors (Lipinski definition) is 1. The average Bonchev–Trinajstić information content (AvgIpc) is 2.31. The Kier molecular flexibility index (Phi) is 4.19. The van der Waals surface area contributed by atoms with Crippen LogP contribution in [0.3, 0.4) is 0 Å². The second kappa shape index (κ2) is 5.87. The van der Waals surface area contributed by atoms with Gasteiger partial charge in [0.2, 0.25) is 0 Å². The van der Waals surface area contributed by atoms with E-state index in [-0.39, 0.29) is 6.10 Å².